The third-order valence-corrected chi connectivity index (χ3v) is 6.89. The molecule has 33 heavy (non-hydrogen) atoms. The number of rotatable bonds is 4. The normalized spacial score (nSPS) is 23.4. The summed E-state index contributed by atoms with van der Waals surface area (Å²) in [5.74, 6) is 6.83. The maximum Gasteiger partial charge on any atom is 0.115 e. The molecule has 2 aliphatic rings. The second kappa shape index (κ2) is 10.3. The Morgan fingerprint density at radius 1 is 0.879 bits per heavy atom. The van der Waals surface area contributed by atoms with Gasteiger partial charge >= 0.3 is 0 Å². The number of nitrogens with zero attached hydrogens (tertiary/aromatic N) is 4. The minimum Gasteiger partial charge on any atom is -0.395 e. The van der Waals surface area contributed by atoms with Gasteiger partial charge in [-0.1, -0.05) is 42.2 Å². The third-order valence-electron chi connectivity index (χ3n) is 6.89. The molecule has 5 rings (SSSR count). The topological polar surface area (TPSA) is 52.5 Å². The molecule has 3 aromatic rings. The first-order valence-electron chi connectivity index (χ1n) is 11.8. The fraction of sp³-hybridized carbons (Fsp3) is 0.357. The summed E-state index contributed by atoms with van der Waals surface area (Å²) in [4.78, 5) is 13.4. The highest BCUT2D eigenvalue weighted by molar-refractivity contribution is 5.44. The van der Waals surface area contributed by atoms with Crippen LogP contribution < -0.4 is 0 Å². The minimum atomic E-state index is 0.191. The van der Waals surface area contributed by atoms with Crippen molar-refractivity contribution in [1.29, 1.82) is 0 Å². The van der Waals surface area contributed by atoms with Crippen LogP contribution in [0.1, 0.15) is 41.0 Å². The van der Waals surface area contributed by atoms with Crippen LogP contribution in [0.15, 0.2) is 73.3 Å². The number of aromatic nitrogens is 2. The first-order chi connectivity index (χ1) is 16.3. The molecule has 0 unspecified atom stereocenters. The Kier molecular flexibility index (Phi) is 6.78. The van der Waals surface area contributed by atoms with Crippen LogP contribution in [0, 0.1) is 11.8 Å². The van der Waals surface area contributed by atoms with E-state index in [1.165, 1.54) is 12.0 Å². The van der Waals surface area contributed by atoms with E-state index in [0.29, 0.717) is 12.0 Å². The van der Waals surface area contributed by atoms with Crippen LogP contribution in [0.25, 0.3) is 0 Å². The van der Waals surface area contributed by atoms with E-state index in [1.54, 1.807) is 6.33 Å². The van der Waals surface area contributed by atoms with Gasteiger partial charge in [0.15, 0.2) is 0 Å². The van der Waals surface area contributed by atoms with E-state index in [0.717, 1.165) is 49.3 Å². The van der Waals surface area contributed by atoms with Gasteiger partial charge in [0.2, 0.25) is 0 Å². The van der Waals surface area contributed by atoms with Crippen molar-refractivity contribution in [3.05, 3.63) is 95.6 Å². The Morgan fingerprint density at radius 3 is 2.30 bits per heavy atom. The number of fused-ring (bicyclic) bond motifs is 1. The lowest BCUT2D eigenvalue weighted by atomic mass is 9.74. The highest BCUT2D eigenvalue weighted by atomic mass is 16.3. The summed E-state index contributed by atoms with van der Waals surface area (Å²) < 4.78 is 0. The van der Waals surface area contributed by atoms with Gasteiger partial charge in [-0.15, -0.1) is 0 Å². The van der Waals surface area contributed by atoms with Crippen molar-refractivity contribution in [3.8, 4) is 11.8 Å². The van der Waals surface area contributed by atoms with Crippen molar-refractivity contribution in [1.82, 2.24) is 19.8 Å². The van der Waals surface area contributed by atoms with Gasteiger partial charge in [-0.3, -0.25) is 9.80 Å². The van der Waals surface area contributed by atoms with E-state index >= 15 is 0 Å². The SMILES string of the molecule is OC[C@H]1[C@@H](c2ccc(C#Cc3ccccc3)cc2)[C@H]2CN(Cc3cncnc3)CCCCN21. The second-order valence-corrected chi connectivity index (χ2v) is 9.01. The molecule has 5 nitrogen and oxygen atoms in total. The maximum absolute atomic E-state index is 10.2. The van der Waals surface area contributed by atoms with Crippen molar-refractivity contribution in [3.63, 3.8) is 0 Å². The average Bonchev–Trinajstić information content (AvgIpc) is 2.85. The first-order valence-corrected chi connectivity index (χ1v) is 11.8. The molecule has 2 aromatic carbocycles. The molecule has 5 heteroatoms. The van der Waals surface area contributed by atoms with Crippen molar-refractivity contribution >= 4 is 0 Å². The molecule has 0 spiro atoms. The summed E-state index contributed by atoms with van der Waals surface area (Å²) in [5, 5.41) is 10.2. The molecule has 0 aliphatic carbocycles. The number of aliphatic hydroxyl groups excluding tert-OH is 1. The Balaban J connectivity index is 1.32. The van der Waals surface area contributed by atoms with Gasteiger partial charge in [-0.05, 0) is 55.8 Å². The molecule has 0 radical (unpaired) electrons. The Labute approximate surface area is 196 Å². The molecule has 3 heterocycles. The van der Waals surface area contributed by atoms with Crippen LogP contribution in [0.4, 0.5) is 0 Å². The number of hydrogen-bond donors (Lipinski definition) is 1. The molecular formula is C28H30N4O. The second-order valence-electron chi connectivity index (χ2n) is 9.01. The number of hydrogen-bond acceptors (Lipinski definition) is 5. The minimum absolute atomic E-state index is 0.191. The van der Waals surface area contributed by atoms with Crippen LogP contribution in [-0.2, 0) is 6.54 Å². The predicted octanol–water partition coefficient (Wildman–Crippen LogP) is 3.30. The zero-order valence-electron chi connectivity index (χ0n) is 18.8. The molecule has 2 saturated heterocycles. The summed E-state index contributed by atoms with van der Waals surface area (Å²) >= 11 is 0. The summed E-state index contributed by atoms with van der Waals surface area (Å²) in [6, 6.07) is 19.3. The summed E-state index contributed by atoms with van der Waals surface area (Å²) in [6.07, 6.45) is 7.74. The molecular weight excluding hydrogens is 408 g/mol. The molecule has 1 aromatic heterocycles. The molecule has 0 bridgehead atoms. The van der Waals surface area contributed by atoms with Crippen LogP contribution in [0.5, 0.6) is 0 Å². The van der Waals surface area contributed by atoms with Gasteiger partial charge in [0.25, 0.3) is 0 Å². The van der Waals surface area contributed by atoms with Gasteiger partial charge in [0.1, 0.15) is 6.33 Å². The van der Waals surface area contributed by atoms with E-state index in [4.69, 9.17) is 0 Å². The molecule has 2 fully saturated rings. The molecule has 0 saturated carbocycles. The molecule has 2 aliphatic heterocycles. The van der Waals surface area contributed by atoms with Gasteiger partial charge < -0.3 is 5.11 Å². The Hall–Kier alpha value is -3.04. The van der Waals surface area contributed by atoms with Crippen molar-refractivity contribution in [2.24, 2.45) is 0 Å². The first kappa shape index (κ1) is 21.8. The van der Waals surface area contributed by atoms with E-state index < -0.39 is 0 Å². The Bertz CT molecular complexity index is 1090. The van der Waals surface area contributed by atoms with E-state index in [9.17, 15) is 5.11 Å². The lowest BCUT2D eigenvalue weighted by Crippen LogP contribution is -2.67. The predicted molar refractivity (Wildman–Crippen MR) is 130 cm³/mol. The van der Waals surface area contributed by atoms with Crippen molar-refractivity contribution in [2.45, 2.75) is 37.4 Å². The largest absolute Gasteiger partial charge is 0.395 e. The monoisotopic (exact) mass is 438 g/mol. The molecule has 3 atom stereocenters. The smallest absolute Gasteiger partial charge is 0.115 e. The lowest BCUT2D eigenvalue weighted by Gasteiger charge is -2.57. The van der Waals surface area contributed by atoms with Crippen LogP contribution in [-0.4, -0.2) is 63.2 Å². The van der Waals surface area contributed by atoms with Crippen LogP contribution in [0.2, 0.25) is 0 Å². The van der Waals surface area contributed by atoms with Crippen LogP contribution >= 0.6 is 0 Å². The van der Waals surface area contributed by atoms with E-state index in [-0.39, 0.29) is 12.6 Å². The van der Waals surface area contributed by atoms with Gasteiger partial charge in [0.05, 0.1) is 6.61 Å². The fourth-order valence-electron chi connectivity index (χ4n) is 5.28. The van der Waals surface area contributed by atoms with E-state index in [1.807, 2.05) is 42.7 Å². The third kappa shape index (κ3) is 4.99. The van der Waals surface area contributed by atoms with Crippen molar-refractivity contribution in [2.75, 3.05) is 26.2 Å². The fourth-order valence-corrected chi connectivity index (χ4v) is 5.28. The number of benzene rings is 2. The van der Waals surface area contributed by atoms with Gasteiger partial charge in [-0.25, -0.2) is 9.97 Å². The standard InChI is InChI=1S/C28H30N4O/c33-20-27-28(25-12-10-23(11-13-25)9-8-22-6-2-1-3-7-22)26-19-31(14-4-5-15-32(26)27)18-24-16-29-21-30-17-24/h1-3,6-7,10-13,16-17,21,26-28,33H,4-5,14-15,18-20H2/t26-,27+,28+/m1/s1. The zero-order chi connectivity index (χ0) is 22.5. The molecule has 168 valence electrons. The average molecular weight is 439 g/mol. The Morgan fingerprint density at radius 2 is 1.58 bits per heavy atom. The highest BCUT2D eigenvalue weighted by Crippen LogP contribution is 2.42. The number of aliphatic hydroxyl groups is 1. The van der Waals surface area contributed by atoms with Crippen LogP contribution in [0.3, 0.4) is 0 Å². The maximum atomic E-state index is 10.2. The van der Waals surface area contributed by atoms with E-state index in [2.05, 4.69) is 55.9 Å². The summed E-state index contributed by atoms with van der Waals surface area (Å²) in [6.45, 7) is 4.21. The lowest BCUT2D eigenvalue weighted by molar-refractivity contribution is -0.0655. The quantitative estimate of drug-likeness (QED) is 0.634. The van der Waals surface area contributed by atoms with Crippen molar-refractivity contribution < 1.29 is 5.11 Å². The molecule has 1 N–H and O–H groups in total. The summed E-state index contributed by atoms with van der Waals surface area (Å²) in [5.41, 5.74) is 4.49. The van der Waals surface area contributed by atoms with Gasteiger partial charge in [0, 0.05) is 60.2 Å². The summed E-state index contributed by atoms with van der Waals surface area (Å²) in [7, 11) is 0. The molecule has 0 amide bonds. The van der Waals surface area contributed by atoms with Gasteiger partial charge in [-0.2, -0.15) is 0 Å². The zero-order valence-corrected chi connectivity index (χ0v) is 18.8. The highest BCUT2D eigenvalue weighted by Gasteiger charge is 2.48.